The van der Waals surface area contributed by atoms with Crippen molar-refractivity contribution in [2.24, 2.45) is 0 Å². The third-order valence-electron chi connectivity index (χ3n) is 2.43. The van der Waals surface area contributed by atoms with Gasteiger partial charge >= 0.3 is 0 Å². The summed E-state index contributed by atoms with van der Waals surface area (Å²) in [6.45, 7) is 2.90. The van der Waals surface area contributed by atoms with Crippen LogP contribution in [-0.4, -0.2) is 9.55 Å². The van der Waals surface area contributed by atoms with E-state index in [-0.39, 0.29) is 5.82 Å². The Morgan fingerprint density at radius 3 is 3.00 bits per heavy atom. The third-order valence-corrected chi connectivity index (χ3v) is 3.81. The van der Waals surface area contributed by atoms with Crippen LogP contribution in [0.2, 0.25) is 5.02 Å². The molecule has 0 spiro atoms. The van der Waals surface area contributed by atoms with Crippen LogP contribution in [0.4, 0.5) is 4.39 Å². The van der Waals surface area contributed by atoms with E-state index in [4.69, 9.17) is 11.6 Å². The minimum Gasteiger partial charge on any atom is -0.326 e. The molecule has 0 saturated heterocycles. The number of aromatic nitrogens is 2. The number of thioether (sulfide) groups is 1. The molecule has 0 saturated carbocycles. The third kappa shape index (κ3) is 2.82. The highest BCUT2D eigenvalue weighted by Gasteiger charge is 2.09. The molecule has 0 bridgehead atoms. The molecule has 2 rings (SSSR count). The standard InChI is InChI=1S/C12H12ClFN2S/c1-2-16-7-6-15-12(16)17-8-9-10(13)4-3-5-11(9)14/h3-7H,2,8H2,1H3. The molecule has 0 unspecified atom stereocenters. The van der Waals surface area contributed by atoms with Crippen molar-refractivity contribution in [3.05, 3.63) is 47.0 Å². The lowest BCUT2D eigenvalue weighted by molar-refractivity contribution is 0.617. The lowest BCUT2D eigenvalue weighted by Crippen LogP contribution is -1.96. The Hall–Kier alpha value is -1.00. The van der Waals surface area contributed by atoms with Crippen LogP contribution < -0.4 is 0 Å². The van der Waals surface area contributed by atoms with Crippen molar-refractivity contribution in [2.75, 3.05) is 0 Å². The van der Waals surface area contributed by atoms with Crippen LogP contribution in [0.5, 0.6) is 0 Å². The summed E-state index contributed by atoms with van der Waals surface area (Å²) in [5.41, 5.74) is 0.532. The van der Waals surface area contributed by atoms with Gasteiger partial charge in [-0.3, -0.25) is 0 Å². The van der Waals surface area contributed by atoms with Gasteiger partial charge in [-0.1, -0.05) is 29.4 Å². The number of hydrogen-bond acceptors (Lipinski definition) is 2. The molecule has 1 aromatic carbocycles. The van der Waals surface area contributed by atoms with E-state index < -0.39 is 0 Å². The van der Waals surface area contributed by atoms with Crippen LogP contribution in [0, 0.1) is 5.82 Å². The van der Waals surface area contributed by atoms with Gasteiger partial charge in [0.1, 0.15) is 5.82 Å². The van der Waals surface area contributed by atoms with Crippen LogP contribution in [-0.2, 0) is 12.3 Å². The SMILES string of the molecule is CCn1ccnc1SCc1c(F)cccc1Cl. The van der Waals surface area contributed by atoms with Crippen molar-refractivity contribution in [3.63, 3.8) is 0 Å². The van der Waals surface area contributed by atoms with Gasteiger partial charge in [-0.15, -0.1) is 0 Å². The summed E-state index contributed by atoms with van der Waals surface area (Å²) in [5, 5.41) is 1.35. The molecule has 0 aliphatic rings. The maximum atomic E-state index is 13.5. The minimum atomic E-state index is -0.264. The number of rotatable bonds is 4. The van der Waals surface area contributed by atoms with Gasteiger partial charge in [-0.25, -0.2) is 9.37 Å². The molecule has 0 fully saturated rings. The largest absolute Gasteiger partial charge is 0.326 e. The summed E-state index contributed by atoms with van der Waals surface area (Å²) in [4.78, 5) is 4.22. The molecule has 5 heteroatoms. The van der Waals surface area contributed by atoms with Crippen molar-refractivity contribution in [3.8, 4) is 0 Å². The van der Waals surface area contributed by atoms with Gasteiger partial charge in [0.25, 0.3) is 0 Å². The molecule has 2 aromatic rings. The molecule has 0 radical (unpaired) electrons. The van der Waals surface area contributed by atoms with Crippen LogP contribution in [0.3, 0.4) is 0 Å². The average molecular weight is 271 g/mol. The van der Waals surface area contributed by atoms with Crippen LogP contribution >= 0.6 is 23.4 Å². The Balaban J connectivity index is 2.13. The molecule has 0 amide bonds. The van der Waals surface area contributed by atoms with Crippen molar-refractivity contribution in [1.29, 1.82) is 0 Å². The number of hydrogen-bond donors (Lipinski definition) is 0. The van der Waals surface area contributed by atoms with Gasteiger partial charge in [0.2, 0.25) is 0 Å². The number of aryl methyl sites for hydroxylation is 1. The lowest BCUT2D eigenvalue weighted by Gasteiger charge is -2.06. The molecular formula is C12H12ClFN2S. The number of benzene rings is 1. The normalized spacial score (nSPS) is 10.8. The van der Waals surface area contributed by atoms with E-state index in [0.717, 1.165) is 11.7 Å². The first-order chi connectivity index (χ1) is 8.22. The second-order valence-electron chi connectivity index (χ2n) is 3.48. The fraction of sp³-hybridized carbons (Fsp3) is 0.250. The van der Waals surface area contributed by atoms with Gasteiger partial charge < -0.3 is 4.57 Å². The molecule has 0 atom stereocenters. The van der Waals surface area contributed by atoms with E-state index in [1.54, 1.807) is 18.3 Å². The highest BCUT2D eigenvalue weighted by Crippen LogP contribution is 2.27. The smallest absolute Gasteiger partial charge is 0.168 e. The van der Waals surface area contributed by atoms with Crippen molar-refractivity contribution in [2.45, 2.75) is 24.4 Å². The molecule has 1 aromatic heterocycles. The summed E-state index contributed by atoms with van der Waals surface area (Å²) in [6.07, 6.45) is 3.65. The van der Waals surface area contributed by atoms with Crippen molar-refractivity contribution in [1.82, 2.24) is 9.55 Å². The summed E-state index contributed by atoms with van der Waals surface area (Å²) in [5.74, 6) is 0.224. The van der Waals surface area contributed by atoms with Gasteiger partial charge in [0, 0.05) is 35.3 Å². The molecule has 1 heterocycles. The number of imidazole rings is 1. The van der Waals surface area contributed by atoms with Crippen molar-refractivity contribution >= 4 is 23.4 Å². The topological polar surface area (TPSA) is 17.8 Å². The molecule has 2 nitrogen and oxygen atoms in total. The van der Waals surface area contributed by atoms with Gasteiger partial charge in [0.15, 0.2) is 5.16 Å². The first-order valence-corrected chi connectivity index (χ1v) is 6.65. The van der Waals surface area contributed by atoms with E-state index in [0.29, 0.717) is 16.3 Å². The molecule has 0 N–H and O–H groups in total. The van der Waals surface area contributed by atoms with E-state index in [1.807, 2.05) is 17.7 Å². The molecule has 0 aliphatic heterocycles. The molecular weight excluding hydrogens is 259 g/mol. The predicted molar refractivity (Wildman–Crippen MR) is 68.9 cm³/mol. The van der Waals surface area contributed by atoms with Gasteiger partial charge in [-0.05, 0) is 19.1 Å². The highest BCUT2D eigenvalue weighted by atomic mass is 35.5. The first-order valence-electron chi connectivity index (χ1n) is 5.29. The Kier molecular flexibility index (Phi) is 4.07. The van der Waals surface area contributed by atoms with E-state index in [1.165, 1.54) is 17.8 Å². The zero-order valence-corrected chi connectivity index (χ0v) is 10.9. The fourth-order valence-electron chi connectivity index (χ4n) is 1.48. The molecule has 17 heavy (non-hydrogen) atoms. The summed E-state index contributed by atoms with van der Waals surface area (Å²) < 4.78 is 15.5. The second kappa shape index (κ2) is 5.56. The van der Waals surface area contributed by atoms with Crippen molar-refractivity contribution < 1.29 is 4.39 Å². The first kappa shape index (κ1) is 12.5. The average Bonchev–Trinajstić information content (AvgIpc) is 2.76. The maximum absolute atomic E-state index is 13.5. The summed E-state index contributed by atoms with van der Waals surface area (Å²) in [6, 6.07) is 4.74. The Morgan fingerprint density at radius 1 is 1.47 bits per heavy atom. The van der Waals surface area contributed by atoms with E-state index in [2.05, 4.69) is 4.98 Å². The minimum absolute atomic E-state index is 0.264. The molecule has 0 aliphatic carbocycles. The summed E-state index contributed by atoms with van der Waals surface area (Å²) in [7, 11) is 0. The Bertz CT molecular complexity index is 493. The number of halogens is 2. The van der Waals surface area contributed by atoms with E-state index >= 15 is 0 Å². The maximum Gasteiger partial charge on any atom is 0.168 e. The zero-order chi connectivity index (χ0) is 12.3. The zero-order valence-electron chi connectivity index (χ0n) is 9.36. The lowest BCUT2D eigenvalue weighted by atomic mass is 10.2. The monoisotopic (exact) mass is 270 g/mol. The highest BCUT2D eigenvalue weighted by molar-refractivity contribution is 7.98. The Labute approximate surface area is 109 Å². The second-order valence-corrected chi connectivity index (χ2v) is 4.83. The van der Waals surface area contributed by atoms with Gasteiger partial charge in [0.05, 0.1) is 0 Å². The Morgan fingerprint density at radius 2 is 2.29 bits per heavy atom. The van der Waals surface area contributed by atoms with E-state index in [9.17, 15) is 4.39 Å². The fourth-order valence-corrected chi connectivity index (χ4v) is 2.85. The molecule has 90 valence electrons. The summed E-state index contributed by atoms with van der Waals surface area (Å²) >= 11 is 7.45. The van der Waals surface area contributed by atoms with Crippen LogP contribution in [0.25, 0.3) is 0 Å². The van der Waals surface area contributed by atoms with Gasteiger partial charge in [-0.2, -0.15) is 0 Å². The predicted octanol–water partition coefficient (Wildman–Crippen LogP) is 3.99. The van der Waals surface area contributed by atoms with Crippen LogP contribution in [0.1, 0.15) is 12.5 Å². The number of nitrogens with zero attached hydrogens (tertiary/aromatic N) is 2. The quantitative estimate of drug-likeness (QED) is 0.782. The van der Waals surface area contributed by atoms with Crippen LogP contribution in [0.15, 0.2) is 35.7 Å².